The van der Waals surface area contributed by atoms with Gasteiger partial charge in [0, 0.05) is 12.3 Å². The number of rotatable bonds is 7. The Morgan fingerprint density at radius 2 is 1.96 bits per heavy atom. The first-order valence-corrected chi connectivity index (χ1v) is 7.55. The van der Waals surface area contributed by atoms with Crippen molar-refractivity contribution in [2.24, 2.45) is 11.8 Å². The summed E-state index contributed by atoms with van der Waals surface area (Å²) in [6, 6.07) is 14.1. The summed E-state index contributed by atoms with van der Waals surface area (Å²) in [6.45, 7) is 2.31. The number of ether oxygens (including phenoxy) is 1. The van der Waals surface area contributed by atoms with Crippen molar-refractivity contribution in [3.63, 3.8) is 0 Å². The summed E-state index contributed by atoms with van der Waals surface area (Å²) in [6.07, 6.45) is 1.26. The highest BCUT2D eigenvalue weighted by atomic mass is 19.1. The number of nitrogens with two attached hydrogens (primary N) is 1. The molecule has 2 rings (SSSR count). The predicted molar refractivity (Wildman–Crippen MR) is 87.2 cm³/mol. The third-order valence-corrected chi connectivity index (χ3v) is 3.60. The number of amides is 1. The Morgan fingerprint density at radius 1 is 1.22 bits per heavy atom. The first-order valence-electron chi connectivity index (χ1n) is 7.55. The van der Waals surface area contributed by atoms with E-state index in [-0.39, 0.29) is 17.6 Å². The molecule has 0 radical (unpaired) electrons. The highest BCUT2D eigenvalue weighted by Gasteiger charge is 2.11. The molecule has 0 saturated heterocycles. The quantitative estimate of drug-likeness (QED) is 0.469. The van der Waals surface area contributed by atoms with E-state index in [1.54, 1.807) is 6.07 Å². The van der Waals surface area contributed by atoms with Gasteiger partial charge in [-0.15, -0.1) is 0 Å². The van der Waals surface area contributed by atoms with Crippen molar-refractivity contribution in [1.82, 2.24) is 5.43 Å². The average Bonchev–Trinajstić information content (AvgIpc) is 2.55. The van der Waals surface area contributed by atoms with Gasteiger partial charge in [0.1, 0.15) is 11.6 Å². The van der Waals surface area contributed by atoms with Crippen molar-refractivity contribution in [3.05, 3.63) is 65.5 Å². The third-order valence-electron chi connectivity index (χ3n) is 3.60. The summed E-state index contributed by atoms with van der Waals surface area (Å²) >= 11 is 0. The van der Waals surface area contributed by atoms with Crippen LogP contribution in [0.4, 0.5) is 4.39 Å². The fourth-order valence-electron chi connectivity index (χ4n) is 2.29. The first kappa shape index (κ1) is 17.0. The third kappa shape index (κ3) is 5.38. The lowest BCUT2D eigenvalue weighted by Gasteiger charge is -2.11. The number of carbonyl (C=O) groups excluding carboxylic acids is 1. The minimum atomic E-state index is -0.234. The Hall–Kier alpha value is -2.40. The van der Waals surface area contributed by atoms with E-state index in [2.05, 4.69) is 5.43 Å². The van der Waals surface area contributed by atoms with Crippen molar-refractivity contribution in [2.45, 2.75) is 19.8 Å². The zero-order valence-corrected chi connectivity index (χ0v) is 13.1. The fourth-order valence-corrected chi connectivity index (χ4v) is 2.29. The maximum absolute atomic E-state index is 13.1. The molecule has 4 nitrogen and oxygen atoms in total. The molecule has 2 aromatic carbocycles. The molecule has 1 amide bonds. The molecular formula is C18H21FN2O2. The summed E-state index contributed by atoms with van der Waals surface area (Å²) < 4.78 is 18.7. The van der Waals surface area contributed by atoms with Gasteiger partial charge in [0.25, 0.3) is 0 Å². The zero-order valence-electron chi connectivity index (χ0n) is 13.1. The van der Waals surface area contributed by atoms with Gasteiger partial charge in [-0.3, -0.25) is 10.2 Å². The molecule has 0 fully saturated rings. The van der Waals surface area contributed by atoms with Crippen molar-refractivity contribution < 1.29 is 13.9 Å². The standard InChI is InChI=1S/C18H21FN2O2/c1-13(18(22)21-20)11-15-5-7-17(8-6-15)23-10-9-14-3-2-4-16(19)12-14/h2-8,12-13H,9-11,20H2,1H3,(H,21,22). The van der Waals surface area contributed by atoms with Crippen LogP contribution in [0.1, 0.15) is 18.1 Å². The normalized spacial score (nSPS) is 11.8. The summed E-state index contributed by atoms with van der Waals surface area (Å²) in [5.41, 5.74) is 4.10. The number of hydrogen-bond donors (Lipinski definition) is 2. The molecule has 0 aliphatic heterocycles. The second-order valence-electron chi connectivity index (χ2n) is 5.49. The van der Waals surface area contributed by atoms with Gasteiger partial charge in [-0.05, 0) is 41.8 Å². The van der Waals surface area contributed by atoms with Crippen LogP contribution in [0.2, 0.25) is 0 Å². The first-order chi connectivity index (χ1) is 11.1. The molecule has 0 aliphatic carbocycles. The van der Waals surface area contributed by atoms with Crippen LogP contribution < -0.4 is 16.0 Å². The summed E-state index contributed by atoms with van der Waals surface area (Å²) in [5, 5.41) is 0. The highest BCUT2D eigenvalue weighted by molar-refractivity contribution is 5.77. The van der Waals surface area contributed by atoms with E-state index in [1.165, 1.54) is 12.1 Å². The van der Waals surface area contributed by atoms with E-state index in [9.17, 15) is 9.18 Å². The van der Waals surface area contributed by atoms with E-state index >= 15 is 0 Å². The molecule has 23 heavy (non-hydrogen) atoms. The average molecular weight is 316 g/mol. The van der Waals surface area contributed by atoms with Crippen LogP contribution in [0.3, 0.4) is 0 Å². The molecule has 3 N–H and O–H groups in total. The lowest BCUT2D eigenvalue weighted by atomic mass is 10.0. The number of hydrazine groups is 1. The minimum Gasteiger partial charge on any atom is -0.493 e. The summed E-state index contributed by atoms with van der Waals surface area (Å²) in [4.78, 5) is 11.4. The number of halogens is 1. The molecule has 0 aromatic heterocycles. The minimum absolute atomic E-state index is 0.180. The van der Waals surface area contributed by atoms with Gasteiger partial charge in [-0.1, -0.05) is 31.2 Å². The summed E-state index contributed by atoms with van der Waals surface area (Å²) in [5.74, 6) is 5.28. The Bertz CT molecular complexity index is 644. The molecule has 0 heterocycles. The number of nitrogens with one attached hydrogen (secondary N) is 1. The second-order valence-corrected chi connectivity index (χ2v) is 5.49. The van der Waals surface area contributed by atoms with Crippen LogP contribution in [-0.4, -0.2) is 12.5 Å². The van der Waals surface area contributed by atoms with Crippen LogP contribution in [0.15, 0.2) is 48.5 Å². The lowest BCUT2D eigenvalue weighted by Crippen LogP contribution is -2.35. The van der Waals surface area contributed by atoms with E-state index in [0.29, 0.717) is 19.4 Å². The van der Waals surface area contributed by atoms with Crippen molar-refractivity contribution in [2.75, 3.05) is 6.61 Å². The zero-order chi connectivity index (χ0) is 16.7. The van der Waals surface area contributed by atoms with E-state index < -0.39 is 0 Å². The summed E-state index contributed by atoms with van der Waals surface area (Å²) in [7, 11) is 0. The molecule has 2 aromatic rings. The molecule has 1 atom stereocenters. The van der Waals surface area contributed by atoms with Crippen molar-refractivity contribution in [1.29, 1.82) is 0 Å². The Balaban J connectivity index is 1.82. The van der Waals surface area contributed by atoms with Gasteiger partial charge < -0.3 is 4.74 Å². The lowest BCUT2D eigenvalue weighted by molar-refractivity contribution is -0.124. The molecule has 0 aliphatic rings. The molecule has 0 saturated carbocycles. The van der Waals surface area contributed by atoms with E-state index in [4.69, 9.17) is 10.6 Å². The highest BCUT2D eigenvalue weighted by Crippen LogP contribution is 2.16. The monoisotopic (exact) mass is 316 g/mol. The van der Waals surface area contributed by atoms with Gasteiger partial charge >= 0.3 is 0 Å². The Kier molecular flexibility index (Phi) is 6.11. The number of carbonyl (C=O) groups is 1. The number of benzene rings is 2. The maximum Gasteiger partial charge on any atom is 0.237 e. The van der Waals surface area contributed by atoms with Gasteiger partial charge in [-0.25, -0.2) is 10.2 Å². The van der Waals surface area contributed by atoms with Gasteiger partial charge in [0.2, 0.25) is 5.91 Å². The molecule has 5 heteroatoms. The van der Waals surface area contributed by atoms with Crippen LogP contribution >= 0.6 is 0 Å². The van der Waals surface area contributed by atoms with E-state index in [0.717, 1.165) is 16.9 Å². The SMILES string of the molecule is CC(Cc1ccc(OCCc2cccc(F)c2)cc1)C(=O)NN. The number of hydrogen-bond acceptors (Lipinski definition) is 3. The molecular weight excluding hydrogens is 295 g/mol. The molecule has 122 valence electrons. The molecule has 1 unspecified atom stereocenters. The predicted octanol–water partition coefficient (Wildman–Crippen LogP) is 2.62. The van der Waals surface area contributed by atoms with Crippen molar-refractivity contribution >= 4 is 5.91 Å². The van der Waals surface area contributed by atoms with Crippen LogP contribution in [-0.2, 0) is 17.6 Å². The largest absolute Gasteiger partial charge is 0.493 e. The van der Waals surface area contributed by atoms with Gasteiger partial charge in [0.05, 0.1) is 6.61 Å². The molecule has 0 bridgehead atoms. The Morgan fingerprint density at radius 3 is 2.61 bits per heavy atom. The smallest absolute Gasteiger partial charge is 0.237 e. The van der Waals surface area contributed by atoms with E-state index in [1.807, 2.05) is 37.3 Å². The van der Waals surface area contributed by atoms with Gasteiger partial charge in [-0.2, -0.15) is 0 Å². The van der Waals surface area contributed by atoms with Crippen LogP contribution in [0.25, 0.3) is 0 Å². The maximum atomic E-state index is 13.1. The molecule has 0 spiro atoms. The van der Waals surface area contributed by atoms with Crippen molar-refractivity contribution in [3.8, 4) is 5.75 Å². The second kappa shape index (κ2) is 8.29. The fraction of sp³-hybridized carbons (Fsp3) is 0.278. The Labute approximate surface area is 135 Å². The van der Waals surface area contributed by atoms with Gasteiger partial charge in [0.15, 0.2) is 0 Å². The topological polar surface area (TPSA) is 64.3 Å². The van der Waals surface area contributed by atoms with Crippen LogP contribution in [0.5, 0.6) is 5.75 Å². The van der Waals surface area contributed by atoms with Crippen LogP contribution in [0, 0.1) is 11.7 Å².